The summed E-state index contributed by atoms with van der Waals surface area (Å²) in [5.74, 6) is -1.21. The van der Waals surface area contributed by atoms with Gasteiger partial charge in [-0.1, -0.05) is 161 Å². The Morgan fingerprint density at radius 2 is 0.992 bits per heavy atom. The topological polar surface area (TPSA) is 374 Å². The molecule has 118 heavy (non-hydrogen) atoms. The third-order valence-electron chi connectivity index (χ3n) is 18.6. The number of aromatic carboxylic acids is 1. The summed E-state index contributed by atoms with van der Waals surface area (Å²) in [6.07, 6.45) is 14.1. The maximum absolute atomic E-state index is 12.8. The van der Waals surface area contributed by atoms with Crippen molar-refractivity contribution in [1.29, 1.82) is 0 Å². The van der Waals surface area contributed by atoms with E-state index in [1.807, 2.05) is 131 Å². The zero-order valence-corrected chi connectivity index (χ0v) is 69.3. The monoisotopic (exact) mass is 1740 g/mol. The molecule has 0 radical (unpaired) electrons. The minimum atomic E-state index is -3.22. The number of aryl methyl sites for hydroxylation is 8. The van der Waals surface area contributed by atoms with Crippen LogP contribution in [0.15, 0.2) is 186 Å². The standard InChI is InChI=1S/C28H26N4O.C13H11ClN2.C8H11N.C8H12O3.C7H6Cl2N2.C7H8N2O2.C7H7NO2.C6H7BO2.3CH4.Cl3OP/c1-18-8-6-9-19(2)25(18)31-27(33)21-14-16-22(17-15-21)29-28-30-24-13-7-12-23(24)26(32-28)20-10-4-3-5-11-20;14-13-15-11-8-4-7-10(11)12(16-13)9-5-2-1-3-6-9;1-6-4-3-5-7(2)8(6)9;1-2-11-8(10)6-4-3-5-7(6)9;8-6-4-2-1-3-5(4)10-7(9)11-6;10-6-4-2-1-3-5(4)8-7(11)9-6;8-6-3-1-5(2-4-6)7(9)10;8-7(9)6-4-2-1-3-5-6;;;;1-5(2,3)4/h3-6,8-11,14-17H,7,12-13H2,1-2H3,(H,31,33)(H,29,30,32);1-3,5-6H,4,7-8H2;3-5H,9H2,1-2H3;6H,2-5H2,1H3;1-3H2;1-3H2,(H2,8,9,10,11);1-4H,8H2,(H,9,10);1-5,8-9H;3*1H4;. The molecular weight excluding hydrogens is 1640 g/mol. The first-order valence-electron chi connectivity index (χ1n) is 37.0. The number of carboxylic acids is 1. The van der Waals surface area contributed by atoms with Crippen molar-refractivity contribution in [2.45, 2.75) is 153 Å². The van der Waals surface area contributed by atoms with Gasteiger partial charge in [0.05, 0.1) is 29.3 Å². The number of aromatic nitrogens is 8. The number of Topliss-reactive ketones (excluding diaryl/α,β-unsaturated/α-hetero) is 1. The van der Waals surface area contributed by atoms with Gasteiger partial charge < -0.3 is 47.0 Å². The summed E-state index contributed by atoms with van der Waals surface area (Å²) < 4.78 is 14.2. The molecule has 4 heterocycles. The number of nitrogens with two attached hydrogens (primary N) is 2. The fourth-order valence-corrected chi connectivity index (χ4v) is 13.5. The Kier molecular flexibility index (Phi) is 40.6. The number of aromatic amines is 2. The summed E-state index contributed by atoms with van der Waals surface area (Å²) in [7, 11) is -1.34. The molecule has 1 saturated carbocycles. The van der Waals surface area contributed by atoms with Crippen LogP contribution in [0.5, 0.6) is 0 Å². The summed E-state index contributed by atoms with van der Waals surface area (Å²) in [6.45, 7) is 10.1. The van der Waals surface area contributed by atoms with Crippen LogP contribution in [-0.4, -0.2) is 92.4 Å². The van der Waals surface area contributed by atoms with Crippen molar-refractivity contribution in [2.75, 3.05) is 28.7 Å². The highest BCUT2D eigenvalue weighted by molar-refractivity contribution is 8.24. The van der Waals surface area contributed by atoms with E-state index in [4.69, 9.17) is 76.1 Å². The normalized spacial score (nSPS) is 13.0. The third-order valence-corrected chi connectivity index (χ3v) is 19.2. The van der Waals surface area contributed by atoms with E-state index in [1.165, 1.54) is 23.3 Å². The van der Waals surface area contributed by atoms with Crippen LogP contribution in [-0.2, 0) is 70.3 Å². The number of ketones is 1. The van der Waals surface area contributed by atoms with Gasteiger partial charge in [-0.25, -0.2) is 39.5 Å². The van der Waals surface area contributed by atoms with Crippen molar-refractivity contribution in [2.24, 2.45) is 5.92 Å². The van der Waals surface area contributed by atoms with E-state index in [0.29, 0.717) is 52.5 Å². The van der Waals surface area contributed by atoms with Crippen LogP contribution in [0.4, 0.5) is 28.7 Å². The number of esters is 1. The lowest BCUT2D eigenvalue weighted by Gasteiger charge is -2.13. The fraction of sp³-hybridized carbons (Fsp3) is 0.287. The Balaban J connectivity index is 0.000000251. The molecule has 11 N–H and O–H groups in total. The molecule has 31 heteroatoms. The minimum Gasteiger partial charge on any atom is -0.478 e. The molecule has 0 aliphatic heterocycles. The molecule has 624 valence electrons. The van der Waals surface area contributed by atoms with E-state index in [-0.39, 0.29) is 56.3 Å². The van der Waals surface area contributed by atoms with Crippen LogP contribution < -0.4 is 38.8 Å². The van der Waals surface area contributed by atoms with Gasteiger partial charge in [-0.05, 0) is 258 Å². The van der Waals surface area contributed by atoms with Gasteiger partial charge in [0.25, 0.3) is 11.5 Å². The molecule has 23 nitrogen and oxygen atoms in total. The highest BCUT2D eigenvalue weighted by Gasteiger charge is 2.32. The Bertz CT molecular complexity index is 5260. The molecule has 5 aliphatic rings. The van der Waals surface area contributed by atoms with Crippen LogP contribution in [0, 0.1) is 33.6 Å². The van der Waals surface area contributed by atoms with Crippen LogP contribution in [0.1, 0.15) is 162 Å². The molecule has 7 aromatic carbocycles. The maximum Gasteiger partial charge on any atom is 0.488 e. The van der Waals surface area contributed by atoms with Crippen LogP contribution in [0.2, 0.25) is 15.7 Å². The molecule has 1 atom stereocenters. The van der Waals surface area contributed by atoms with Crippen molar-refractivity contribution < 1.29 is 43.6 Å². The smallest absolute Gasteiger partial charge is 0.478 e. The van der Waals surface area contributed by atoms with Crippen LogP contribution in [0.3, 0.4) is 0 Å². The summed E-state index contributed by atoms with van der Waals surface area (Å²) >= 11 is 31.3. The van der Waals surface area contributed by atoms with E-state index < -0.39 is 29.9 Å². The van der Waals surface area contributed by atoms with Gasteiger partial charge >= 0.3 is 29.9 Å². The van der Waals surface area contributed by atoms with Crippen molar-refractivity contribution in [3.05, 3.63) is 291 Å². The molecular formula is C87H100BCl6N12O11P. The van der Waals surface area contributed by atoms with E-state index in [9.17, 15) is 33.3 Å². The molecule has 1 unspecified atom stereocenters. The lowest BCUT2D eigenvalue weighted by atomic mass is 9.81. The summed E-state index contributed by atoms with van der Waals surface area (Å²) in [5, 5.41) is 29.9. The fourth-order valence-electron chi connectivity index (χ4n) is 12.8. The number of nitrogens with one attached hydrogen (secondary N) is 4. The Morgan fingerprint density at radius 3 is 1.47 bits per heavy atom. The quantitative estimate of drug-likeness (QED) is 0.0117. The number of carboxylic acid groups (broad SMARTS) is 1. The van der Waals surface area contributed by atoms with Crippen LogP contribution in [0.25, 0.3) is 22.5 Å². The summed E-state index contributed by atoms with van der Waals surface area (Å²) in [4.78, 5) is 97.9. The number of amides is 1. The molecule has 11 aromatic rings. The molecule has 4 aromatic heterocycles. The zero-order valence-electron chi connectivity index (χ0n) is 63.9. The highest BCUT2D eigenvalue weighted by Crippen LogP contribution is 2.61. The number of carbonyl (C=O) groups excluding carboxylic acids is 3. The number of anilines is 5. The number of rotatable bonds is 10. The van der Waals surface area contributed by atoms with Gasteiger partial charge in [0.15, 0.2) is 0 Å². The van der Waals surface area contributed by atoms with Crippen molar-refractivity contribution in [3.8, 4) is 22.5 Å². The average molecular weight is 1740 g/mol. The first kappa shape index (κ1) is 98.5. The number of benzene rings is 7. The van der Waals surface area contributed by atoms with Crippen molar-refractivity contribution in [3.63, 3.8) is 0 Å². The lowest BCUT2D eigenvalue weighted by Crippen LogP contribution is -2.29. The highest BCUT2D eigenvalue weighted by atomic mass is 36.0. The molecule has 0 saturated heterocycles. The average Bonchev–Trinajstić information content (AvgIpc) is 1.59. The summed E-state index contributed by atoms with van der Waals surface area (Å²) in [6, 6.07) is 54.6. The van der Waals surface area contributed by atoms with Gasteiger partial charge in [-0.3, -0.25) is 28.7 Å². The Morgan fingerprint density at radius 1 is 0.534 bits per heavy atom. The van der Waals surface area contributed by atoms with Gasteiger partial charge in [-0.15, -0.1) is 0 Å². The third kappa shape index (κ3) is 30.7. The predicted octanol–water partition coefficient (Wildman–Crippen LogP) is 19.2. The summed E-state index contributed by atoms with van der Waals surface area (Å²) in [5.41, 5.74) is 32.1. The number of nitrogens with zero attached hydrogens (tertiary/aromatic N) is 6. The van der Waals surface area contributed by atoms with E-state index in [1.54, 1.807) is 43.3 Å². The molecule has 0 bridgehead atoms. The molecule has 5 aliphatic carbocycles. The van der Waals surface area contributed by atoms with Gasteiger partial charge in [0.2, 0.25) is 16.5 Å². The SMILES string of the molecule is C.C.C.CCOC(=O)C1CCCC1=O.Cc1cccc(C)c1N.Cc1cccc(C)c1NC(=O)c1ccc(Nc2nc3c(c(-c4ccccc4)n2)CCC3)cc1.Clc1nc(Cl)c2c(n1)CCC2.Clc1nc2c(c(-c3ccccc3)n1)CCC2.Nc1ccc(C(=O)O)cc1.O=P(Cl)(Cl)Cl.O=c1[nH]c2c(c(=O)[nH]1)CCC2.OB(O)c1ccccc1. The molecule has 1 fully saturated rings. The van der Waals surface area contributed by atoms with E-state index in [0.717, 1.165) is 179 Å². The largest absolute Gasteiger partial charge is 0.488 e. The predicted molar refractivity (Wildman–Crippen MR) is 480 cm³/mol. The first-order valence-corrected chi connectivity index (χ1v) is 42.6. The zero-order chi connectivity index (χ0) is 83.3. The van der Waals surface area contributed by atoms with Crippen molar-refractivity contribution in [1.82, 2.24) is 39.9 Å². The number of fused-ring (bicyclic) bond motifs is 4. The second-order valence-electron chi connectivity index (χ2n) is 26.8. The molecule has 0 spiro atoms. The number of hydrogen-bond donors (Lipinski definition) is 9. The van der Waals surface area contributed by atoms with Gasteiger partial charge in [-0.2, -0.15) is 0 Å². The number of para-hydroxylation sites is 2. The van der Waals surface area contributed by atoms with Crippen LogP contribution >= 0.6 is 73.7 Å². The maximum atomic E-state index is 12.8. The number of hydrogen-bond acceptors (Lipinski definition) is 19. The number of H-pyrrole nitrogens is 2. The molecule has 16 rings (SSSR count). The number of ether oxygens (including phenoxy) is 1. The van der Waals surface area contributed by atoms with E-state index in [2.05, 4.69) is 98.5 Å². The number of nitrogen functional groups attached to an aromatic ring is 2. The number of carbonyl (C=O) groups is 4. The Labute approximate surface area is 718 Å². The van der Waals surface area contributed by atoms with E-state index >= 15 is 0 Å². The van der Waals surface area contributed by atoms with Gasteiger partial charge in [0, 0.05) is 85.2 Å². The second kappa shape index (κ2) is 48.7. The first-order chi connectivity index (χ1) is 54.9. The second-order valence-corrected chi connectivity index (χ2v) is 34.5. The molecule has 1 amide bonds. The minimum absolute atomic E-state index is 0. The number of halogens is 6. The Hall–Kier alpha value is -10.1. The van der Waals surface area contributed by atoms with Gasteiger partial charge in [0.1, 0.15) is 16.9 Å². The lowest BCUT2D eigenvalue weighted by molar-refractivity contribution is -0.150. The van der Waals surface area contributed by atoms with Crippen molar-refractivity contribution >= 4 is 139 Å².